The zero-order chi connectivity index (χ0) is 14.0. The fourth-order valence-corrected chi connectivity index (χ4v) is 4.54. The van der Waals surface area contributed by atoms with Crippen LogP contribution >= 0.6 is 11.8 Å². The zero-order valence-electron chi connectivity index (χ0n) is 12.1. The first-order valence-electron chi connectivity index (χ1n) is 7.05. The monoisotopic (exact) mass is 284 g/mol. The summed E-state index contributed by atoms with van der Waals surface area (Å²) in [5, 5.41) is 11.4. The predicted molar refractivity (Wildman–Crippen MR) is 78.6 cm³/mol. The number of hydrogen-bond acceptors (Lipinski definition) is 4. The molecule has 1 heterocycles. The van der Waals surface area contributed by atoms with Crippen molar-refractivity contribution < 1.29 is 0 Å². The molecule has 5 nitrogen and oxygen atoms in total. The third-order valence-electron chi connectivity index (χ3n) is 4.04. The maximum atomic E-state index is 11.6. The van der Waals surface area contributed by atoms with Crippen LogP contribution in [0, 0.1) is 11.8 Å². The SMILES string of the molecule is CCn1c(SC2C(C)CC(C)CC2NC)n[nH]c1=O. The van der Waals surface area contributed by atoms with Crippen molar-refractivity contribution in [1.82, 2.24) is 20.1 Å². The quantitative estimate of drug-likeness (QED) is 0.883. The highest BCUT2D eigenvalue weighted by molar-refractivity contribution is 7.99. The summed E-state index contributed by atoms with van der Waals surface area (Å²) in [5.41, 5.74) is -0.108. The van der Waals surface area contributed by atoms with E-state index in [1.807, 2.05) is 14.0 Å². The number of aromatic nitrogens is 3. The number of hydrogen-bond donors (Lipinski definition) is 2. The molecule has 1 aliphatic rings. The van der Waals surface area contributed by atoms with Gasteiger partial charge in [-0.3, -0.25) is 4.57 Å². The van der Waals surface area contributed by atoms with Gasteiger partial charge in [-0.25, -0.2) is 9.89 Å². The fourth-order valence-electron chi connectivity index (χ4n) is 3.10. The van der Waals surface area contributed by atoms with Crippen molar-refractivity contribution in [1.29, 1.82) is 0 Å². The second-order valence-electron chi connectivity index (χ2n) is 5.59. The molecule has 0 amide bonds. The topological polar surface area (TPSA) is 62.7 Å². The molecule has 1 aromatic heterocycles. The first-order valence-corrected chi connectivity index (χ1v) is 7.93. The van der Waals surface area contributed by atoms with Crippen LogP contribution in [0.3, 0.4) is 0 Å². The lowest BCUT2D eigenvalue weighted by molar-refractivity contribution is 0.256. The molecular formula is C13H24N4OS. The standard InChI is InChI=1S/C13H24N4OS/c1-5-17-12(18)15-16-13(17)19-11-9(3)6-8(2)7-10(11)14-4/h8-11,14H,5-7H2,1-4H3,(H,15,18). The normalized spacial score (nSPS) is 31.6. The van der Waals surface area contributed by atoms with Crippen molar-refractivity contribution in [2.75, 3.05) is 7.05 Å². The minimum Gasteiger partial charge on any atom is -0.316 e. The van der Waals surface area contributed by atoms with Crippen LogP contribution in [0.4, 0.5) is 0 Å². The molecule has 0 saturated heterocycles. The van der Waals surface area contributed by atoms with Gasteiger partial charge < -0.3 is 5.32 Å². The van der Waals surface area contributed by atoms with Gasteiger partial charge in [0, 0.05) is 17.8 Å². The summed E-state index contributed by atoms with van der Waals surface area (Å²) < 4.78 is 1.71. The molecule has 0 aliphatic heterocycles. The molecule has 19 heavy (non-hydrogen) atoms. The highest BCUT2D eigenvalue weighted by Gasteiger charge is 2.34. The van der Waals surface area contributed by atoms with Gasteiger partial charge in [-0.2, -0.15) is 0 Å². The van der Waals surface area contributed by atoms with Crippen LogP contribution in [0.1, 0.15) is 33.6 Å². The molecule has 108 valence electrons. The van der Waals surface area contributed by atoms with Gasteiger partial charge in [-0.1, -0.05) is 25.6 Å². The Morgan fingerprint density at radius 2 is 2.21 bits per heavy atom. The van der Waals surface area contributed by atoms with Crippen LogP contribution in [0.25, 0.3) is 0 Å². The predicted octanol–water partition coefficient (Wildman–Crippen LogP) is 1.71. The van der Waals surface area contributed by atoms with Gasteiger partial charge in [0.05, 0.1) is 0 Å². The summed E-state index contributed by atoms with van der Waals surface area (Å²) >= 11 is 1.74. The number of thioether (sulfide) groups is 1. The Morgan fingerprint density at radius 3 is 2.84 bits per heavy atom. The van der Waals surface area contributed by atoms with Crippen molar-refractivity contribution in [2.45, 2.75) is 56.6 Å². The summed E-state index contributed by atoms with van der Waals surface area (Å²) in [6.07, 6.45) is 2.44. The Bertz CT molecular complexity index is 469. The third-order valence-corrected chi connectivity index (χ3v) is 5.63. The Morgan fingerprint density at radius 1 is 1.47 bits per heavy atom. The van der Waals surface area contributed by atoms with E-state index in [0.29, 0.717) is 23.8 Å². The average Bonchev–Trinajstić information content (AvgIpc) is 2.72. The summed E-state index contributed by atoms with van der Waals surface area (Å²) in [7, 11) is 2.03. The summed E-state index contributed by atoms with van der Waals surface area (Å²) in [6, 6.07) is 0.487. The lowest BCUT2D eigenvalue weighted by atomic mass is 9.80. The molecule has 1 saturated carbocycles. The molecular weight excluding hydrogens is 260 g/mol. The molecule has 2 rings (SSSR count). The number of H-pyrrole nitrogens is 1. The Kier molecular flexibility index (Phi) is 4.73. The van der Waals surface area contributed by atoms with E-state index in [1.54, 1.807) is 16.3 Å². The number of nitrogens with one attached hydrogen (secondary N) is 2. The van der Waals surface area contributed by atoms with Crippen LogP contribution < -0.4 is 11.0 Å². The first-order chi connectivity index (χ1) is 9.06. The van der Waals surface area contributed by atoms with E-state index in [9.17, 15) is 4.79 Å². The summed E-state index contributed by atoms with van der Waals surface area (Å²) in [5.74, 6) is 1.39. The molecule has 1 aliphatic carbocycles. The van der Waals surface area contributed by atoms with Gasteiger partial charge in [0.2, 0.25) is 0 Å². The summed E-state index contributed by atoms with van der Waals surface area (Å²) in [6.45, 7) is 7.26. The first kappa shape index (κ1) is 14.7. The smallest absolute Gasteiger partial charge is 0.316 e. The van der Waals surface area contributed by atoms with Gasteiger partial charge in [0.1, 0.15) is 0 Å². The largest absolute Gasteiger partial charge is 0.343 e. The third kappa shape index (κ3) is 3.05. The number of nitrogens with zero attached hydrogens (tertiary/aromatic N) is 2. The van der Waals surface area contributed by atoms with E-state index in [2.05, 4.69) is 29.4 Å². The van der Waals surface area contributed by atoms with E-state index in [-0.39, 0.29) is 5.69 Å². The Labute approximate surface area is 118 Å². The minimum atomic E-state index is -0.108. The molecule has 6 heteroatoms. The highest BCUT2D eigenvalue weighted by atomic mass is 32.2. The second kappa shape index (κ2) is 6.13. The van der Waals surface area contributed by atoms with Crippen molar-refractivity contribution >= 4 is 11.8 Å². The molecule has 1 fully saturated rings. The van der Waals surface area contributed by atoms with Crippen LogP contribution in [0.15, 0.2) is 9.95 Å². The summed E-state index contributed by atoms with van der Waals surface area (Å²) in [4.78, 5) is 11.6. The van der Waals surface area contributed by atoms with Crippen molar-refractivity contribution in [3.63, 3.8) is 0 Å². The van der Waals surface area contributed by atoms with Crippen LogP contribution in [0.5, 0.6) is 0 Å². The Balaban J connectivity index is 2.18. The maximum absolute atomic E-state index is 11.6. The van der Waals surface area contributed by atoms with Gasteiger partial charge >= 0.3 is 5.69 Å². The second-order valence-corrected chi connectivity index (χ2v) is 6.73. The lowest BCUT2D eigenvalue weighted by Crippen LogP contribution is -2.45. The van der Waals surface area contributed by atoms with Gasteiger partial charge in [-0.05, 0) is 38.6 Å². The van der Waals surface area contributed by atoms with Crippen molar-refractivity contribution in [2.24, 2.45) is 11.8 Å². The van der Waals surface area contributed by atoms with Gasteiger partial charge in [0.25, 0.3) is 0 Å². The molecule has 0 aromatic carbocycles. The highest BCUT2D eigenvalue weighted by Crippen LogP contribution is 2.38. The molecule has 4 unspecified atom stereocenters. The molecule has 1 aromatic rings. The van der Waals surface area contributed by atoms with E-state index in [0.717, 1.165) is 11.1 Å². The maximum Gasteiger partial charge on any atom is 0.343 e. The number of aromatic amines is 1. The minimum absolute atomic E-state index is 0.108. The molecule has 0 radical (unpaired) electrons. The molecule has 0 spiro atoms. The van der Waals surface area contributed by atoms with Crippen LogP contribution in [-0.2, 0) is 6.54 Å². The van der Waals surface area contributed by atoms with E-state index in [4.69, 9.17) is 0 Å². The molecule has 0 bridgehead atoms. The fraction of sp³-hybridized carbons (Fsp3) is 0.846. The van der Waals surface area contributed by atoms with E-state index < -0.39 is 0 Å². The Hall–Kier alpha value is -0.750. The number of rotatable bonds is 4. The van der Waals surface area contributed by atoms with Gasteiger partial charge in [0.15, 0.2) is 5.16 Å². The molecule has 4 atom stereocenters. The van der Waals surface area contributed by atoms with Crippen LogP contribution in [-0.4, -0.2) is 33.1 Å². The van der Waals surface area contributed by atoms with Crippen molar-refractivity contribution in [3.8, 4) is 0 Å². The van der Waals surface area contributed by atoms with Gasteiger partial charge in [-0.15, -0.1) is 5.10 Å². The van der Waals surface area contributed by atoms with E-state index in [1.165, 1.54) is 12.8 Å². The lowest BCUT2D eigenvalue weighted by Gasteiger charge is -2.38. The molecule has 2 N–H and O–H groups in total. The van der Waals surface area contributed by atoms with Crippen LogP contribution in [0.2, 0.25) is 0 Å². The van der Waals surface area contributed by atoms with E-state index >= 15 is 0 Å². The van der Waals surface area contributed by atoms with Crippen molar-refractivity contribution in [3.05, 3.63) is 10.5 Å². The zero-order valence-corrected chi connectivity index (χ0v) is 13.0. The average molecular weight is 284 g/mol.